The van der Waals surface area contributed by atoms with Crippen LogP contribution in [0.25, 0.3) is 0 Å². The molecule has 2 heterocycles. The maximum Gasteiger partial charge on any atom is 0.261 e. The molecule has 1 aliphatic heterocycles. The van der Waals surface area contributed by atoms with Crippen LogP contribution in [0, 0.1) is 18.6 Å². The first-order valence-electron chi connectivity index (χ1n) is 9.64. The largest absolute Gasteiger partial charge is 0.324 e. The number of halogens is 2. The van der Waals surface area contributed by atoms with Crippen molar-refractivity contribution in [3.05, 3.63) is 87.3 Å². The summed E-state index contributed by atoms with van der Waals surface area (Å²) in [7, 11) is 0. The highest BCUT2D eigenvalue weighted by atomic mass is 19.1. The quantitative estimate of drug-likeness (QED) is 0.673. The molecular formula is C23H21F2N3O2. The molecule has 1 aromatic heterocycles. The van der Waals surface area contributed by atoms with E-state index in [-0.39, 0.29) is 29.9 Å². The third-order valence-corrected chi connectivity index (χ3v) is 5.29. The average Bonchev–Trinajstić information content (AvgIpc) is 2.69. The van der Waals surface area contributed by atoms with Gasteiger partial charge in [-0.2, -0.15) is 0 Å². The van der Waals surface area contributed by atoms with E-state index < -0.39 is 5.82 Å². The molecule has 0 unspecified atom stereocenters. The second-order valence-electron chi connectivity index (χ2n) is 7.65. The van der Waals surface area contributed by atoms with E-state index in [0.717, 1.165) is 5.56 Å². The standard InChI is InChI=1S/C23H21F2N3O2/c1-13(2)18-10-15(24)5-7-20(18)27-12-28(19-8-9-22(29)26-14(19)3)23(30)17-6-4-16(25)11-21(17)27/h4-11,13H,12H2,1-3H3,(H,26,29). The lowest BCUT2D eigenvalue weighted by Crippen LogP contribution is -2.45. The van der Waals surface area contributed by atoms with E-state index in [2.05, 4.69) is 4.98 Å². The van der Waals surface area contributed by atoms with Crippen LogP contribution in [0.15, 0.2) is 53.3 Å². The zero-order chi connectivity index (χ0) is 21.6. The van der Waals surface area contributed by atoms with Crippen LogP contribution >= 0.6 is 0 Å². The van der Waals surface area contributed by atoms with Crippen molar-refractivity contribution in [1.29, 1.82) is 0 Å². The number of pyridine rings is 1. The van der Waals surface area contributed by atoms with Gasteiger partial charge in [-0.25, -0.2) is 8.78 Å². The van der Waals surface area contributed by atoms with Crippen LogP contribution in [0.1, 0.15) is 41.4 Å². The smallest absolute Gasteiger partial charge is 0.261 e. The Morgan fingerprint density at radius 2 is 1.53 bits per heavy atom. The lowest BCUT2D eigenvalue weighted by atomic mass is 9.98. The van der Waals surface area contributed by atoms with Crippen molar-refractivity contribution >= 4 is 23.0 Å². The minimum Gasteiger partial charge on any atom is -0.324 e. The molecule has 0 fully saturated rings. The summed E-state index contributed by atoms with van der Waals surface area (Å²) >= 11 is 0. The zero-order valence-electron chi connectivity index (χ0n) is 16.9. The number of hydrogen-bond donors (Lipinski definition) is 1. The number of rotatable bonds is 3. The Hall–Kier alpha value is -3.48. The predicted molar refractivity (Wildman–Crippen MR) is 113 cm³/mol. The number of carbonyl (C=O) groups is 1. The van der Waals surface area contributed by atoms with E-state index >= 15 is 0 Å². The third kappa shape index (κ3) is 3.36. The minimum absolute atomic E-state index is 0.00797. The van der Waals surface area contributed by atoms with Gasteiger partial charge in [0.15, 0.2) is 0 Å². The molecule has 0 aliphatic carbocycles. The topological polar surface area (TPSA) is 56.4 Å². The molecule has 3 aromatic rings. The number of H-pyrrole nitrogens is 1. The van der Waals surface area contributed by atoms with Crippen molar-refractivity contribution < 1.29 is 13.6 Å². The summed E-state index contributed by atoms with van der Waals surface area (Å²) in [4.78, 5) is 30.9. The number of carbonyl (C=O) groups excluding carboxylic acids is 1. The molecule has 5 nitrogen and oxygen atoms in total. The lowest BCUT2D eigenvalue weighted by molar-refractivity contribution is 0.0983. The highest BCUT2D eigenvalue weighted by Crippen LogP contribution is 2.39. The first-order valence-corrected chi connectivity index (χ1v) is 9.64. The van der Waals surface area contributed by atoms with E-state index in [1.807, 2.05) is 13.8 Å². The molecule has 0 bridgehead atoms. The minimum atomic E-state index is -0.464. The molecule has 1 aliphatic rings. The first kappa shape index (κ1) is 19.8. The number of aromatic nitrogens is 1. The van der Waals surface area contributed by atoms with E-state index in [9.17, 15) is 18.4 Å². The number of nitrogens with one attached hydrogen (secondary N) is 1. The molecule has 30 heavy (non-hydrogen) atoms. The van der Waals surface area contributed by atoms with Crippen molar-refractivity contribution in [2.75, 3.05) is 16.5 Å². The number of hydrogen-bond acceptors (Lipinski definition) is 3. The van der Waals surface area contributed by atoms with Gasteiger partial charge in [0.25, 0.3) is 5.91 Å². The first-order chi connectivity index (χ1) is 14.3. The average molecular weight is 409 g/mol. The Labute approximate surface area is 172 Å². The van der Waals surface area contributed by atoms with Crippen molar-refractivity contribution in [2.24, 2.45) is 0 Å². The highest BCUT2D eigenvalue weighted by Gasteiger charge is 2.33. The third-order valence-electron chi connectivity index (χ3n) is 5.29. The SMILES string of the molecule is Cc1[nH]c(=O)ccc1N1CN(c2ccc(F)cc2C(C)C)c2cc(F)ccc2C1=O. The van der Waals surface area contributed by atoms with Crippen molar-refractivity contribution in [3.63, 3.8) is 0 Å². The van der Waals surface area contributed by atoms with Crippen LogP contribution in [-0.2, 0) is 0 Å². The summed E-state index contributed by atoms with van der Waals surface area (Å²) in [6, 6.07) is 11.4. The summed E-state index contributed by atoms with van der Waals surface area (Å²) < 4.78 is 28.1. The summed E-state index contributed by atoms with van der Waals surface area (Å²) in [6.45, 7) is 5.70. The number of fused-ring (bicyclic) bond motifs is 1. The second-order valence-corrected chi connectivity index (χ2v) is 7.65. The van der Waals surface area contributed by atoms with Crippen molar-refractivity contribution in [3.8, 4) is 0 Å². The summed E-state index contributed by atoms with van der Waals surface area (Å²) in [5.74, 6) is -1.12. The molecule has 0 saturated heterocycles. The Bertz CT molecular complexity index is 1200. The van der Waals surface area contributed by atoms with Crippen LogP contribution in [0.3, 0.4) is 0 Å². The van der Waals surface area contributed by atoms with Crippen molar-refractivity contribution in [1.82, 2.24) is 4.98 Å². The fourth-order valence-electron chi connectivity index (χ4n) is 3.82. The number of amides is 1. The molecule has 2 aromatic carbocycles. The number of anilines is 3. The van der Waals surface area contributed by atoms with Gasteiger partial charge < -0.3 is 9.88 Å². The highest BCUT2D eigenvalue weighted by molar-refractivity contribution is 6.12. The Balaban J connectivity index is 1.92. The molecular weight excluding hydrogens is 388 g/mol. The van der Waals surface area contributed by atoms with Gasteiger partial charge in [0, 0.05) is 17.4 Å². The van der Waals surface area contributed by atoms with Crippen LogP contribution < -0.4 is 15.4 Å². The fraction of sp³-hybridized carbons (Fsp3) is 0.217. The van der Waals surface area contributed by atoms with E-state index in [4.69, 9.17) is 0 Å². The second kappa shape index (κ2) is 7.40. The Kier molecular flexibility index (Phi) is 4.89. The number of aromatic amines is 1. The van der Waals surface area contributed by atoms with Crippen LogP contribution in [0.5, 0.6) is 0 Å². The van der Waals surface area contributed by atoms with Crippen LogP contribution in [0.2, 0.25) is 0 Å². The number of aryl methyl sites for hydroxylation is 1. The van der Waals surface area contributed by atoms with Gasteiger partial charge in [-0.15, -0.1) is 0 Å². The Morgan fingerprint density at radius 3 is 2.23 bits per heavy atom. The molecule has 0 saturated carbocycles. The summed E-state index contributed by atoms with van der Waals surface area (Å²) in [6.07, 6.45) is 0. The summed E-state index contributed by atoms with van der Waals surface area (Å²) in [5, 5.41) is 0. The monoisotopic (exact) mass is 409 g/mol. The van der Waals surface area contributed by atoms with E-state index in [1.165, 1.54) is 41.3 Å². The van der Waals surface area contributed by atoms with Gasteiger partial charge in [0.05, 0.1) is 16.9 Å². The molecule has 4 rings (SSSR count). The molecule has 7 heteroatoms. The Morgan fingerprint density at radius 1 is 0.867 bits per heavy atom. The zero-order valence-corrected chi connectivity index (χ0v) is 16.9. The van der Waals surface area contributed by atoms with E-state index in [0.29, 0.717) is 28.3 Å². The van der Waals surface area contributed by atoms with Gasteiger partial charge >= 0.3 is 0 Å². The molecule has 0 atom stereocenters. The molecule has 1 amide bonds. The molecule has 1 N–H and O–H groups in total. The molecule has 0 radical (unpaired) electrons. The van der Waals surface area contributed by atoms with Crippen LogP contribution in [0.4, 0.5) is 25.8 Å². The van der Waals surface area contributed by atoms with Gasteiger partial charge in [0.1, 0.15) is 18.3 Å². The molecule has 154 valence electrons. The molecule has 0 spiro atoms. The van der Waals surface area contributed by atoms with E-state index in [1.54, 1.807) is 24.0 Å². The van der Waals surface area contributed by atoms with Gasteiger partial charge in [-0.3, -0.25) is 14.5 Å². The maximum atomic E-state index is 14.1. The lowest BCUT2D eigenvalue weighted by Gasteiger charge is -2.39. The maximum absolute atomic E-state index is 14.1. The number of nitrogens with zero attached hydrogens (tertiary/aromatic N) is 2. The van der Waals surface area contributed by atoms with Gasteiger partial charge in [-0.1, -0.05) is 13.8 Å². The predicted octanol–water partition coefficient (Wildman–Crippen LogP) is 4.84. The van der Waals surface area contributed by atoms with Crippen molar-refractivity contribution in [2.45, 2.75) is 26.7 Å². The van der Waals surface area contributed by atoms with Gasteiger partial charge in [0.2, 0.25) is 5.56 Å². The normalized spacial score (nSPS) is 13.7. The number of benzene rings is 2. The summed E-state index contributed by atoms with van der Waals surface area (Å²) in [5.41, 5.74) is 3.02. The fourth-order valence-corrected chi connectivity index (χ4v) is 3.82. The van der Waals surface area contributed by atoms with Crippen LogP contribution in [-0.4, -0.2) is 17.6 Å². The van der Waals surface area contributed by atoms with Gasteiger partial charge in [-0.05, 0) is 60.9 Å².